The minimum Gasteiger partial charge on any atom is -0.478 e. The number of carboxylic acids is 1. The van der Waals surface area contributed by atoms with Crippen LogP contribution in [0.5, 0.6) is 5.75 Å². The molecule has 1 aromatic rings. The zero-order chi connectivity index (χ0) is 16.0. The number of carbonyl (C=O) groups is 3. The van der Waals surface area contributed by atoms with Gasteiger partial charge in [0.25, 0.3) is 0 Å². The van der Waals surface area contributed by atoms with Crippen molar-refractivity contribution in [2.24, 2.45) is 0 Å². The maximum Gasteiger partial charge on any atom is 0.338 e. The van der Waals surface area contributed by atoms with Crippen LogP contribution in [0.1, 0.15) is 30.6 Å². The molecule has 6 heteroatoms. The maximum absolute atomic E-state index is 11.6. The van der Waals surface area contributed by atoms with Gasteiger partial charge in [0.2, 0.25) is 0 Å². The van der Waals surface area contributed by atoms with Gasteiger partial charge in [-0.05, 0) is 38.1 Å². The van der Waals surface area contributed by atoms with Gasteiger partial charge in [0.1, 0.15) is 5.75 Å². The van der Waals surface area contributed by atoms with Crippen molar-refractivity contribution in [3.63, 3.8) is 0 Å². The third-order valence-corrected chi connectivity index (χ3v) is 2.32. The van der Waals surface area contributed by atoms with Crippen molar-refractivity contribution < 1.29 is 29.0 Å². The summed E-state index contributed by atoms with van der Waals surface area (Å²) in [5.41, 5.74) is 0.0792. The lowest BCUT2D eigenvalue weighted by Crippen LogP contribution is -2.13. The first kappa shape index (κ1) is 16.4. The lowest BCUT2D eigenvalue weighted by molar-refractivity contribution is -0.138. The van der Waals surface area contributed by atoms with Crippen LogP contribution < -0.4 is 4.74 Å². The van der Waals surface area contributed by atoms with E-state index in [4.69, 9.17) is 14.6 Å². The number of hydrogen-bond acceptors (Lipinski definition) is 5. The summed E-state index contributed by atoms with van der Waals surface area (Å²) in [6, 6.07) is 5.77. The first-order valence-electron chi connectivity index (χ1n) is 6.22. The Kier molecular flexibility index (Phi) is 5.66. The third-order valence-electron chi connectivity index (χ3n) is 2.32. The van der Waals surface area contributed by atoms with E-state index in [1.165, 1.54) is 24.3 Å². The molecule has 0 amide bonds. The molecule has 0 atom stereocenters. The van der Waals surface area contributed by atoms with Gasteiger partial charge in [0.05, 0.1) is 18.1 Å². The van der Waals surface area contributed by atoms with Crippen LogP contribution in [0.25, 0.3) is 0 Å². The van der Waals surface area contributed by atoms with E-state index in [0.29, 0.717) is 5.56 Å². The molecule has 0 radical (unpaired) electrons. The van der Waals surface area contributed by atoms with Gasteiger partial charge in [0, 0.05) is 5.57 Å². The maximum atomic E-state index is 11.6. The minimum absolute atomic E-state index is 0.208. The number of esters is 2. The van der Waals surface area contributed by atoms with Crippen LogP contribution in [0, 0.1) is 0 Å². The summed E-state index contributed by atoms with van der Waals surface area (Å²) in [7, 11) is 0. The third kappa shape index (κ3) is 5.48. The van der Waals surface area contributed by atoms with Crippen molar-refractivity contribution >= 4 is 17.9 Å². The Hall–Kier alpha value is -2.63. The van der Waals surface area contributed by atoms with Crippen LogP contribution in [0.15, 0.2) is 36.4 Å². The molecule has 6 nitrogen and oxygen atoms in total. The van der Waals surface area contributed by atoms with E-state index < -0.39 is 24.3 Å². The van der Waals surface area contributed by atoms with E-state index in [-0.39, 0.29) is 17.4 Å². The van der Waals surface area contributed by atoms with Gasteiger partial charge in [0.15, 0.2) is 0 Å². The fourth-order valence-corrected chi connectivity index (χ4v) is 1.36. The van der Waals surface area contributed by atoms with Gasteiger partial charge >= 0.3 is 17.9 Å². The molecule has 0 heterocycles. The number of hydrogen-bond donors (Lipinski definition) is 1. The van der Waals surface area contributed by atoms with Crippen LogP contribution in [0.4, 0.5) is 0 Å². The van der Waals surface area contributed by atoms with Gasteiger partial charge < -0.3 is 14.6 Å². The highest BCUT2D eigenvalue weighted by Gasteiger charge is 2.13. The second-order valence-corrected chi connectivity index (χ2v) is 4.54. The van der Waals surface area contributed by atoms with Crippen molar-refractivity contribution in [1.29, 1.82) is 0 Å². The molecule has 21 heavy (non-hydrogen) atoms. The monoisotopic (exact) mass is 292 g/mol. The Morgan fingerprint density at radius 1 is 1.19 bits per heavy atom. The molecule has 0 aliphatic heterocycles. The average molecular weight is 292 g/mol. The zero-order valence-corrected chi connectivity index (χ0v) is 11.8. The summed E-state index contributed by atoms with van der Waals surface area (Å²) < 4.78 is 9.95. The second kappa shape index (κ2) is 7.23. The van der Waals surface area contributed by atoms with Crippen LogP contribution in [-0.2, 0) is 14.3 Å². The summed E-state index contributed by atoms with van der Waals surface area (Å²) in [4.78, 5) is 33.6. The van der Waals surface area contributed by atoms with Crippen molar-refractivity contribution in [3.05, 3.63) is 42.0 Å². The molecule has 0 saturated carbocycles. The minimum atomic E-state index is -1.25. The second-order valence-electron chi connectivity index (χ2n) is 4.54. The fourth-order valence-electron chi connectivity index (χ4n) is 1.36. The standard InChI is InChI=1S/C15H16O6/c1-9(2)20-15(19)11-4-6-12(7-5-11)21-13(16)8-10(3)14(17)18/h4-7,9H,3,8H2,1-2H3,(H,17,18). The van der Waals surface area contributed by atoms with Crippen molar-refractivity contribution in [1.82, 2.24) is 0 Å². The Bertz CT molecular complexity index is 556. The van der Waals surface area contributed by atoms with Crippen LogP contribution in [-0.4, -0.2) is 29.1 Å². The number of aliphatic carboxylic acids is 1. The molecule has 0 spiro atoms. The molecule has 0 bridgehead atoms. The quantitative estimate of drug-likeness (QED) is 0.491. The molecule has 1 aromatic carbocycles. The number of carboxylic acid groups (broad SMARTS) is 1. The summed E-state index contributed by atoms with van der Waals surface area (Å²) in [6.45, 7) is 6.72. The Labute approximate surface area is 122 Å². The van der Waals surface area contributed by atoms with Crippen LogP contribution in [0.2, 0.25) is 0 Å². The van der Waals surface area contributed by atoms with Crippen LogP contribution in [0.3, 0.4) is 0 Å². The summed E-state index contributed by atoms with van der Waals surface area (Å²) in [5, 5.41) is 8.61. The van der Waals surface area contributed by atoms with Gasteiger partial charge in [-0.3, -0.25) is 4.79 Å². The predicted octanol–water partition coefficient (Wildman–Crippen LogP) is 2.19. The van der Waals surface area contributed by atoms with E-state index in [0.717, 1.165) is 0 Å². The average Bonchev–Trinajstić information content (AvgIpc) is 2.38. The number of benzene rings is 1. The first-order chi connectivity index (χ1) is 9.79. The van der Waals surface area contributed by atoms with Crippen molar-refractivity contribution in [2.75, 3.05) is 0 Å². The Balaban J connectivity index is 2.62. The number of rotatable bonds is 6. The highest BCUT2D eigenvalue weighted by Crippen LogP contribution is 2.15. The van der Waals surface area contributed by atoms with Crippen molar-refractivity contribution in [2.45, 2.75) is 26.4 Å². The molecule has 1 N–H and O–H groups in total. The van der Waals surface area contributed by atoms with Crippen molar-refractivity contribution in [3.8, 4) is 5.75 Å². The van der Waals surface area contributed by atoms with Crippen LogP contribution >= 0.6 is 0 Å². The molecule has 0 fully saturated rings. The van der Waals surface area contributed by atoms with Gasteiger partial charge in [-0.25, -0.2) is 9.59 Å². The lowest BCUT2D eigenvalue weighted by atomic mass is 10.2. The molecular weight excluding hydrogens is 276 g/mol. The normalized spacial score (nSPS) is 10.0. The van der Waals surface area contributed by atoms with E-state index in [2.05, 4.69) is 6.58 Å². The van der Waals surface area contributed by atoms with Gasteiger partial charge in [-0.15, -0.1) is 0 Å². The van der Waals surface area contributed by atoms with E-state index in [9.17, 15) is 14.4 Å². The molecule has 0 aromatic heterocycles. The summed E-state index contributed by atoms with van der Waals surface area (Å²) >= 11 is 0. The molecule has 1 rings (SSSR count). The number of carbonyl (C=O) groups excluding carboxylic acids is 2. The largest absolute Gasteiger partial charge is 0.478 e. The van der Waals surface area contributed by atoms with E-state index >= 15 is 0 Å². The van der Waals surface area contributed by atoms with E-state index in [1.807, 2.05) is 0 Å². The Morgan fingerprint density at radius 2 is 1.76 bits per heavy atom. The smallest absolute Gasteiger partial charge is 0.338 e. The predicted molar refractivity (Wildman–Crippen MR) is 74.0 cm³/mol. The summed E-state index contributed by atoms with van der Waals surface area (Å²) in [5.74, 6) is -2.25. The fraction of sp³-hybridized carbons (Fsp3) is 0.267. The molecule has 0 aliphatic rings. The Morgan fingerprint density at radius 3 is 2.24 bits per heavy atom. The zero-order valence-electron chi connectivity index (χ0n) is 11.8. The lowest BCUT2D eigenvalue weighted by Gasteiger charge is -2.08. The molecule has 0 saturated heterocycles. The molecule has 112 valence electrons. The first-order valence-corrected chi connectivity index (χ1v) is 6.22. The SMILES string of the molecule is C=C(CC(=O)Oc1ccc(C(=O)OC(C)C)cc1)C(=O)O. The highest BCUT2D eigenvalue weighted by molar-refractivity contribution is 5.92. The highest BCUT2D eigenvalue weighted by atomic mass is 16.5. The topological polar surface area (TPSA) is 89.9 Å². The van der Waals surface area contributed by atoms with E-state index in [1.54, 1.807) is 13.8 Å². The molecule has 0 aliphatic carbocycles. The van der Waals surface area contributed by atoms with Gasteiger partial charge in [-0.1, -0.05) is 6.58 Å². The van der Waals surface area contributed by atoms with Gasteiger partial charge in [-0.2, -0.15) is 0 Å². The molecular formula is C15H16O6. The summed E-state index contributed by atoms with van der Waals surface area (Å²) in [6.07, 6.45) is -0.635. The molecule has 0 unspecified atom stereocenters. The number of ether oxygens (including phenoxy) is 2.